The van der Waals surface area contributed by atoms with E-state index in [0.29, 0.717) is 5.70 Å². The molecule has 2 N–H and O–H groups in total. The van der Waals surface area contributed by atoms with Gasteiger partial charge in [-0.25, -0.2) is 4.39 Å². The molecule has 2 heteroatoms. The van der Waals surface area contributed by atoms with Crippen LogP contribution in [0.2, 0.25) is 0 Å². The van der Waals surface area contributed by atoms with Crippen LogP contribution >= 0.6 is 0 Å². The molecule has 0 bridgehead atoms. The number of nitrogens with two attached hydrogens (primary N) is 1. The summed E-state index contributed by atoms with van der Waals surface area (Å²) >= 11 is 0. The van der Waals surface area contributed by atoms with Crippen LogP contribution in [0.25, 0.3) is 0 Å². The Morgan fingerprint density at radius 3 is 1.91 bits per heavy atom. The zero-order valence-electron chi connectivity index (χ0n) is 7.46. The predicted molar refractivity (Wildman–Crippen MR) is 44.5 cm³/mol. The topological polar surface area (TPSA) is 26.0 Å². The summed E-state index contributed by atoms with van der Waals surface area (Å²) in [4.78, 5) is 0. The minimum Gasteiger partial charge on any atom is -0.396 e. The van der Waals surface area contributed by atoms with E-state index in [1.807, 2.05) is 27.7 Å². The van der Waals surface area contributed by atoms with Gasteiger partial charge in [-0.3, -0.25) is 0 Å². The molecular formula is C9H14FN. The summed E-state index contributed by atoms with van der Waals surface area (Å²) in [7, 11) is 0. The van der Waals surface area contributed by atoms with E-state index in [2.05, 4.69) is 0 Å². The molecule has 0 amide bonds. The fraction of sp³-hybridized carbons (Fsp3) is 0.556. The van der Waals surface area contributed by atoms with Crippen molar-refractivity contribution < 1.29 is 4.39 Å². The highest BCUT2D eigenvalue weighted by Crippen LogP contribution is 2.43. The van der Waals surface area contributed by atoms with Gasteiger partial charge in [-0.2, -0.15) is 0 Å². The second-order valence-corrected chi connectivity index (χ2v) is 3.98. The molecule has 1 rings (SSSR count). The van der Waals surface area contributed by atoms with Gasteiger partial charge in [-0.1, -0.05) is 20.8 Å². The first-order chi connectivity index (χ1) is 4.85. The van der Waals surface area contributed by atoms with Gasteiger partial charge in [-0.05, 0) is 17.9 Å². The van der Waals surface area contributed by atoms with Gasteiger partial charge in [0.15, 0.2) is 0 Å². The van der Waals surface area contributed by atoms with E-state index in [9.17, 15) is 4.39 Å². The van der Waals surface area contributed by atoms with Crippen molar-refractivity contribution in [1.82, 2.24) is 0 Å². The highest BCUT2D eigenvalue weighted by Gasteiger charge is 2.32. The van der Waals surface area contributed by atoms with Crippen molar-refractivity contribution in [1.29, 1.82) is 0 Å². The maximum absolute atomic E-state index is 13.0. The van der Waals surface area contributed by atoms with Crippen molar-refractivity contribution in [3.8, 4) is 0 Å². The van der Waals surface area contributed by atoms with Gasteiger partial charge in [-0.15, -0.1) is 0 Å². The second-order valence-electron chi connectivity index (χ2n) is 3.98. The lowest BCUT2D eigenvalue weighted by Gasteiger charge is -2.31. The van der Waals surface area contributed by atoms with Gasteiger partial charge in [0.25, 0.3) is 0 Å². The summed E-state index contributed by atoms with van der Waals surface area (Å²) in [5.74, 6) is -0.213. The molecule has 0 saturated heterocycles. The van der Waals surface area contributed by atoms with Crippen molar-refractivity contribution in [3.05, 3.63) is 22.7 Å². The van der Waals surface area contributed by atoms with Crippen LogP contribution in [0.3, 0.4) is 0 Å². The maximum Gasteiger partial charge on any atom is 0.150 e. The van der Waals surface area contributed by atoms with Crippen LogP contribution in [0.5, 0.6) is 0 Å². The standard InChI is InChI=1S/C9H14FN/c1-5-6(9(2,3)4)7(10)8(5)11/h11H2,1-4H3. The monoisotopic (exact) mass is 155 g/mol. The lowest BCUT2D eigenvalue weighted by atomic mass is 9.75. The fourth-order valence-electron chi connectivity index (χ4n) is 1.43. The highest BCUT2D eigenvalue weighted by molar-refractivity contribution is 5.56. The molecule has 0 saturated carbocycles. The Labute approximate surface area is 66.8 Å². The molecule has 62 valence electrons. The Bertz CT molecular complexity index is 253. The summed E-state index contributed by atoms with van der Waals surface area (Å²) in [6.07, 6.45) is 0. The second kappa shape index (κ2) is 2.10. The molecular weight excluding hydrogens is 141 g/mol. The molecule has 0 aromatic carbocycles. The van der Waals surface area contributed by atoms with Crippen LogP contribution in [0.4, 0.5) is 4.39 Å². The molecule has 1 aliphatic carbocycles. The zero-order valence-corrected chi connectivity index (χ0v) is 7.46. The molecule has 0 aliphatic heterocycles. The smallest absolute Gasteiger partial charge is 0.150 e. The first kappa shape index (κ1) is 8.31. The zero-order chi connectivity index (χ0) is 8.81. The molecule has 0 radical (unpaired) electrons. The summed E-state index contributed by atoms with van der Waals surface area (Å²) in [5.41, 5.74) is 7.30. The third kappa shape index (κ3) is 1.06. The molecule has 0 fully saturated rings. The van der Waals surface area contributed by atoms with E-state index in [4.69, 9.17) is 5.73 Å². The van der Waals surface area contributed by atoms with Crippen molar-refractivity contribution >= 4 is 0 Å². The van der Waals surface area contributed by atoms with Crippen molar-refractivity contribution in [3.63, 3.8) is 0 Å². The van der Waals surface area contributed by atoms with E-state index in [-0.39, 0.29) is 11.2 Å². The highest BCUT2D eigenvalue weighted by atomic mass is 19.1. The summed E-state index contributed by atoms with van der Waals surface area (Å²) < 4.78 is 13.0. The molecule has 1 nitrogen and oxygen atoms in total. The average molecular weight is 155 g/mol. The van der Waals surface area contributed by atoms with Crippen LogP contribution < -0.4 is 5.73 Å². The third-order valence-corrected chi connectivity index (χ3v) is 1.98. The summed E-state index contributed by atoms with van der Waals surface area (Å²) in [5, 5.41) is 0. The molecule has 1 aliphatic rings. The van der Waals surface area contributed by atoms with Crippen molar-refractivity contribution in [2.24, 2.45) is 11.1 Å². The van der Waals surface area contributed by atoms with Crippen LogP contribution in [-0.2, 0) is 0 Å². The van der Waals surface area contributed by atoms with Crippen LogP contribution in [0.1, 0.15) is 27.7 Å². The Hall–Kier alpha value is -0.790. The van der Waals surface area contributed by atoms with E-state index >= 15 is 0 Å². The molecule has 0 heterocycles. The summed E-state index contributed by atoms with van der Waals surface area (Å²) in [6.45, 7) is 7.81. The minimum absolute atomic E-state index is 0.114. The largest absolute Gasteiger partial charge is 0.396 e. The van der Waals surface area contributed by atoms with Gasteiger partial charge in [0.1, 0.15) is 5.83 Å². The molecule has 0 unspecified atom stereocenters. The van der Waals surface area contributed by atoms with Crippen molar-refractivity contribution in [2.45, 2.75) is 27.7 Å². The SMILES string of the molecule is CC1=C(N)C(F)=C1C(C)(C)C. The average Bonchev–Trinajstić information content (AvgIpc) is 1.85. The van der Waals surface area contributed by atoms with E-state index in [1.165, 1.54) is 0 Å². The third-order valence-electron chi connectivity index (χ3n) is 1.98. The number of rotatable bonds is 0. The van der Waals surface area contributed by atoms with E-state index < -0.39 is 0 Å². The van der Waals surface area contributed by atoms with E-state index in [1.54, 1.807) is 0 Å². The first-order valence-corrected chi connectivity index (χ1v) is 3.73. The lowest BCUT2D eigenvalue weighted by Crippen LogP contribution is -2.24. The van der Waals surface area contributed by atoms with E-state index in [0.717, 1.165) is 11.1 Å². The normalized spacial score (nSPS) is 19.0. The Balaban J connectivity index is 2.96. The van der Waals surface area contributed by atoms with Gasteiger partial charge in [0.2, 0.25) is 0 Å². The Kier molecular flexibility index (Phi) is 1.58. The number of hydrogen-bond acceptors (Lipinski definition) is 1. The van der Waals surface area contributed by atoms with Gasteiger partial charge >= 0.3 is 0 Å². The van der Waals surface area contributed by atoms with Crippen LogP contribution in [0.15, 0.2) is 22.7 Å². The van der Waals surface area contributed by atoms with Gasteiger partial charge < -0.3 is 5.73 Å². The molecule has 11 heavy (non-hydrogen) atoms. The lowest BCUT2D eigenvalue weighted by molar-refractivity contribution is 0.463. The Morgan fingerprint density at radius 2 is 1.73 bits per heavy atom. The Morgan fingerprint density at radius 1 is 1.27 bits per heavy atom. The molecule has 0 aromatic rings. The number of allylic oxidation sites excluding steroid dienone is 3. The number of hydrogen-bond donors (Lipinski definition) is 1. The quantitative estimate of drug-likeness (QED) is 0.571. The fourth-order valence-corrected chi connectivity index (χ4v) is 1.43. The van der Waals surface area contributed by atoms with Crippen LogP contribution in [0, 0.1) is 5.41 Å². The van der Waals surface area contributed by atoms with Crippen molar-refractivity contribution in [2.75, 3.05) is 0 Å². The van der Waals surface area contributed by atoms with Gasteiger partial charge in [0, 0.05) is 5.57 Å². The van der Waals surface area contributed by atoms with Crippen LogP contribution in [-0.4, -0.2) is 0 Å². The minimum atomic E-state index is -0.213. The molecule has 0 aromatic heterocycles. The first-order valence-electron chi connectivity index (χ1n) is 3.73. The molecule has 0 atom stereocenters. The molecule has 0 spiro atoms. The number of halogens is 1. The summed E-state index contributed by atoms with van der Waals surface area (Å²) in [6, 6.07) is 0. The maximum atomic E-state index is 13.0. The van der Waals surface area contributed by atoms with Gasteiger partial charge in [0.05, 0.1) is 5.70 Å². The predicted octanol–water partition coefficient (Wildman–Crippen LogP) is 2.50.